The van der Waals surface area contributed by atoms with Gasteiger partial charge < -0.3 is 5.11 Å². The number of carbonyl (C=O) groups is 1. The molecule has 0 atom stereocenters. The van der Waals surface area contributed by atoms with Crippen LogP contribution in [0.15, 0.2) is 24.3 Å². The third kappa shape index (κ3) is 3.58. The average molecular weight is 305 g/mol. The Hall–Kier alpha value is -1.94. The summed E-state index contributed by atoms with van der Waals surface area (Å²) in [5.41, 5.74) is 3.22. The molecule has 2 aromatic rings. The van der Waals surface area contributed by atoms with Gasteiger partial charge in [-0.2, -0.15) is 0 Å². The number of aliphatic carboxylic acids is 1. The quantitative estimate of drug-likeness (QED) is 0.917. The second-order valence-corrected chi connectivity index (χ2v) is 5.14. The zero-order chi connectivity index (χ0) is 15.4. The number of hydrogen-bond donors (Lipinski definition) is 1. The summed E-state index contributed by atoms with van der Waals surface area (Å²) >= 11 is 5.89. The standard InChI is InChI=1S/C16H17ClN2O2/c1-3-13-12(9-15(20)21)14(4-2)19-16(18-13)10-5-7-11(17)8-6-10/h5-8H,3-4,9H2,1-2H3,(H,20,21). The molecule has 0 unspecified atom stereocenters. The first-order chi connectivity index (χ1) is 10.0. The molecule has 5 heteroatoms. The van der Waals surface area contributed by atoms with E-state index in [1.54, 1.807) is 12.1 Å². The van der Waals surface area contributed by atoms with Gasteiger partial charge in [0, 0.05) is 27.5 Å². The second-order valence-electron chi connectivity index (χ2n) is 4.70. The van der Waals surface area contributed by atoms with E-state index in [2.05, 4.69) is 9.97 Å². The molecule has 0 aliphatic rings. The Balaban J connectivity index is 2.54. The molecule has 0 saturated heterocycles. The summed E-state index contributed by atoms with van der Waals surface area (Å²) < 4.78 is 0. The summed E-state index contributed by atoms with van der Waals surface area (Å²) in [5, 5.41) is 9.71. The Morgan fingerprint density at radius 3 is 2.05 bits per heavy atom. The van der Waals surface area contributed by atoms with Gasteiger partial charge in [0.05, 0.1) is 6.42 Å². The van der Waals surface area contributed by atoms with Crippen LogP contribution >= 0.6 is 11.6 Å². The summed E-state index contributed by atoms with van der Waals surface area (Å²) in [6.07, 6.45) is 1.32. The molecule has 0 aliphatic heterocycles. The minimum absolute atomic E-state index is 0.0345. The summed E-state index contributed by atoms with van der Waals surface area (Å²) in [6.45, 7) is 3.94. The van der Waals surface area contributed by atoms with Gasteiger partial charge in [-0.1, -0.05) is 25.4 Å². The lowest BCUT2D eigenvalue weighted by atomic mass is 10.0. The number of carboxylic acids is 1. The molecular formula is C16H17ClN2O2. The van der Waals surface area contributed by atoms with E-state index in [9.17, 15) is 4.79 Å². The molecule has 4 nitrogen and oxygen atoms in total. The molecule has 1 aromatic carbocycles. The van der Waals surface area contributed by atoms with Crippen molar-refractivity contribution < 1.29 is 9.90 Å². The summed E-state index contributed by atoms with van der Waals surface area (Å²) in [7, 11) is 0. The topological polar surface area (TPSA) is 63.1 Å². The molecule has 1 N–H and O–H groups in total. The van der Waals surface area contributed by atoms with Crippen molar-refractivity contribution in [3.05, 3.63) is 46.2 Å². The second kappa shape index (κ2) is 6.68. The van der Waals surface area contributed by atoms with Crippen LogP contribution in [0.4, 0.5) is 0 Å². The minimum Gasteiger partial charge on any atom is -0.481 e. The Morgan fingerprint density at radius 2 is 1.62 bits per heavy atom. The van der Waals surface area contributed by atoms with Crippen LogP contribution in [0.25, 0.3) is 11.4 Å². The van der Waals surface area contributed by atoms with E-state index in [1.165, 1.54) is 0 Å². The third-order valence-corrected chi connectivity index (χ3v) is 3.53. The molecule has 0 saturated carbocycles. The summed E-state index contributed by atoms with van der Waals surface area (Å²) in [4.78, 5) is 20.1. The maximum Gasteiger partial charge on any atom is 0.307 e. The largest absolute Gasteiger partial charge is 0.481 e. The van der Waals surface area contributed by atoms with E-state index < -0.39 is 5.97 Å². The van der Waals surface area contributed by atoms with Gasteiger partial charge in [0.25, 0.3) is 0 Å². The molecule has 0 bridgehead atoms. The smallest absolute Gasteiger partial charge is 0.307 e. The predicted octanol–water partition coefficient (Wildman–Crippen LogP) is 3.55. The third-order valence-electron chi connectivity index (χ3n) is 3.28. The lowest BCUT2D eigenvalue weighted by Crippen LogP contribution is -2.11. The Bertz CT molecular complexity index is 629. The van der Waals surface area contributed by atoms with Crippen LogP contribution in [-0.2, 0) is 24.1 Å². The number of aryl methyl sites for hydroxylation is 2. The van der Waals surface area contributed by atoms with Gasteiger partial charge in [0.15, 0.2) is 5.82 Å². The average Bonchev–Trinajstić information content (AvgIpc) is 2.47. The fourth-order valence-electron chi connectivity index (χ4n) is 2.25. The van der Waals surface area contributed by atoms with E-state index in [-0.39, 0.29) is 6.42 Å². The molecule has 1 heterocycles. The van der Waals surface area contributed by atoms with Gasteiger partial charge in [-0.25, -0.2) is 9.97 Å². The van der Waals surface area contributed by atoms with Crippen LogP contribution in [0.3, 0.4) is 0 Å². The molecule has 2 rings (SSSR count). The van der Waals surface area contributed by atoms with Gasteiger partial charge in [0.2, 0.25) is 0 Å². The van der Waals surface area contributed by atoms with Gasteiger partial charge in [-0.3, -0.25) is 4.79 Å². The Morgan fingerprint density at radius 1 is 1.10 bits per heavy atom. The summed E-state index contributed by atoms with van der Waals surface area (Å²) in [5.74, 6) is -0.239. The Kier molecular flexibility index (Phi) is 4.91. The van der Waals surface area contributed by atoms with Crippen molar-refractivity contribution in [1.82, 2.24) is 9.97 Å². The van der Waals surface area contributed by atoms with Crippen LogP contribution in [-0.4, -0.2) is 21.0 Å². The zero-order valence-electron chi connectivity index (χ0n) is 12.1. The maximum absolute atomic E-state index is 11.0. The lowest BCUT2D eigenvalue weighted by Gasteiger charge is -2.12. The molecule has 0 amide bonds. The van der Waals surface area contributed by atoms with Crippen LogP contribution in [0.2, 0.25) is 5.02 Å². The summed E-state index contributed by atoms with van der Waals surface area (Å²) in [6, 6.07) is 7.33. The van der Waals surface area contributed by atoms with Gasteiger partial charge in [-0.15, -0.1) is 0 Å². The number of halogens is 1. The molecule has 0 fully saturated rings. The normalized spacial score (nSPS) is 10.6. The molecule has 1 aromatic heterocycles. The number of hydrogen-bond acceptors (Lipinski definition) is 3. The molecule has 0 radical (unpaired) electrons. The van der Waals surface area contributed by atoms with Gasteiger partial charge in [-0.05, 0) is 37.1 Å². The number of rotatable bonds is 5. The van der Waals surface area contributed by atoms with Crippen molar-refractivity contribution in [3.8, 4) is 11.4 Å². The highest BCUT2D eigenvalue weighted by Gasteiger charge is 2.15. The van der Waals surface area contributed by atoms with Crippen molar-refractivity contribution in [2.45, 2.75) is 33.1 Å². The van der Waals surface area contributed by atoms with E-state index >= 15 is 0 Å². The highest BCUT2D eigenvalue weighted by atomic mass is 35.5. The maximum atomic E-state index is 11.0. The van der Waals surface area contributed by atoms with Gasteiger partial charge >= 0.3 is 5.97 Å². The van der Waals surface area contributed by atoms with Crippen LogP contribution in [0.5, 0.6) is 0 Å². The van der Waals surface area contributed by atoms with Crippen LogP contribution in [0, 0.1) is 0 Å². The molecule has 0 aliphatic carbocycles. The first-order valence-corrected chi connectivity index (χ1v) is 7.29. The first-order valence-electron chi connectivity index (χ1n) is 6.91. The van der Waals surface area contributed by atoms with Crippen molar-refractivity contribution in [2.75, 3.05) is 0 Å². The number of benzene rings is 1. The number of nitrogens with zero attached hydrogens (tertiary/aromatic N) is 2. The van der Waals surface area contributed by atoms with E-state index in [0.29, 0.717) is 23.7 Å². The van der Waals surface area contributed by atoms with Crippen molar-refractivity contribution >= 4 is 17.6 Å². The molecular weight excluding hydrogens is 288 g/mol. The van der Waals surface area contributed by atoms with Crippen LogP contribution < -0.4 is 0 Å². The zero-order valence-corrected chi connectivity index (χ0v) is 12.8. The first kappa shape index (κ1) is 15.4. The highest BCUT2D eigenvalue weighted by molar-refractivity contribution is 6.30. The lowest BCUT2D eigenvalue weighted by molar-refractivity contribution is -0.136. The van der Waals surface area contributed by atoms with Crippen LogP contribution in [0.1, 0.15) is 30.8 Å². The highest BCUT2D eigenvalue weighted by Crippen LogP contribution is 2.22. The SMILES string of the molecule is CCc1nc(-c2ccc(Cl)cc2)nc(CC)c1CC(=O)O. The fraction of sp³-hybridized carbons (Fsp3) is 0.312. The molecule has 0 spiro atoms. The van der Waals surface area contributed by atoms with Gasteiger partial charge in [0.1, 0.15) is 0 Å². The van der Waals surface area contributed by atoms with Crippen molar-refractivity contribution in [2.24, 2.45) is 0 Å². The number of carboxylic acid groups (broad SMARTS) is 1. The molecule has 110 valence electrons. The van der Waals surface area contributed by atoms with Crippen molar-refractivity contribution in [1.29, 1.82) is 0 Å². The van der Waals surface area contributed by atoms with E-state index in [4.69, 9.17) is 16.7 Å². The monoisotopic (exact) mass is 304 g/mol. The predicted molar refractivity (Wildman–Crippen MR) is 82.6 cm³/mol. The molecule has 21 heavy (non-hydrogen) atoms. The van der Waals surface area contributed by atoms with E-state index in [1.807, 2.05) is 26.0 Å². The fourth-order valence-corrected chi connectivity index (χ4v) is 2.38. The Labute approximate surface area is 128 Å². The minimum atomic E-state index is -0.859. The van der Waals surface area contributed by atoms with E-state index in [0.717, 1.165) is 22.5 Å². The van der Waals surface area contributed by atoms with Crippen molar-refractivity contribution in [3.63, 3.8) is 0 Å². The number of aromatic nitrogens is 2.